The molecule has 2 rings (SSSR count). The monoisotopic (exact) mass is 191 g/mol. The van der Waals surface area contributed by atoms with Gasteiger partial charge in [0.25, 0.3) is 0 Å². The summed E-state index contributed by atoms with van der Waals surface area (Å²) in [4.78, 5) is 4.27. The van der Waals surface area contributed by atoms with Gasteiger partial charge in [-0.2, -0.15) is 0 Å². The van der Waals surface area contributed by atoms with Crippen molar-refractivity contribution in [1.82, 2.24) is 4.98 Å². The highest BCUT2D eigenvalue weighted by Gasteiger charge is 2.37. The zero-order valence-electron chi connectivity index (χ0n) is 8.83. The summed E-state index contributed by atoms with van der Waals surface area (Å²) in [6.07, 6.45) is 4.65. The Kier molecular flexibility index (Phi) is 2.31. The fourth-order valence-electron chi connectivity index (χ4n) is 1.83. The summed E-state index contributed by atoms with van der Waals surface area (Å²) in [5, 5.41) is 10.1. The van der Waals surface area contributed by atoms with E-state index >= 15 is 0 Å². The standard InChI is InChI=1S/C12H17NO/c1-9(2)10-4-7-13-11(8-10)12(14)5-3-6-12/h4,7-9,14H,3,5-6H2,1-2H3. The molecule has 1 aromatic heterocycles. The molecule has 1 fully saturated rings. The fraction of sp³-hybridized carbons (Fsp3) is 0.583. The molecule has 0 atom stereocenters. The van der Waals surface area contributed by atoms with Crippen molar-refractivity contribution in [3.8, 4) is 0 Å². The molecular formula is C12H17NO. The number of aliphatic hydroxyl groups is 1. The molecule has 0 aromatic carbocycles. The van der Waals surface area contributed by atoms with E-state index in [-0.39, 0.29) is 0 Å². The van der Waals surface area contributed by atoms with Crippen LogP contribution in [0.15, 0.2) is 18.3 Å². The Balaban J connectivity index is 2.30. The van der Waals surface area contributed by atoms with Gasteiger partial charge < -0.3 is 5.11 Å². The van der Waals surface area contributed by atoms with Crippen LogP contribution in [-0.4, -0.2) is 10.1 Å². The third-order valence-electron chi connectivity index (χ3n) is 3.11. The van der Waals surface area contributed by atoms with Gasteiger partial charge in [0.15, 0.2) is 0 Å². The quantitative estimate of drug-likeness (QED) is 0.779. The van der Waals surface area contributed by atoms with Crippen molar-refractivity contribution in [3.63, 3.8) is 0 Å². The van der Waals surface area contributed by atoms with Crippen LogP contribution in [0.3, 0.4) is 0 Å². The molecular weight excluding hydrogens is 174 g/mol. The van der Waals surface area contributed by atoms with Crippen LogP contribution in [0.25, 0.3) is 0 Å². The third kappa shape index (κ3) is 1.55. The van der Waals surface area contributed by atoms with Crippen LogP contribution in [0, 0.1) is 0 Å². The van der Waals surface area contributed by atoms with Crippen LogP contribution >= 0.6 is 0 Å². The van der Waals surface area contributed by atoms with E-state index in [1.165, 1.54) is 5.56 Å². The second kappa shape index (κ2) is 3.35. The van der Waals surface area contributed by atoms with Gasteiger partial charge >= 0.3 is 0 Å². The van der Waals surface area contributed by atoms with Gasteiger partial charge in [0, 0.05) is 6.20 Å². The second-order valence-corrected chi connectivity index (χ2v) is 4.51. The molecule has 0 radical (unpaired) electrons. The molecule has 2 heteroatoms. The summed E-state index contributed by atoms with van der Waals surface area (Å²) in [5.41, 5.74) is 1.50. The number of pyridine rings is 1. The van der Waals surface area contributed by atoms with Crippen molar-refractivity contribution in [2.75, 3.05) is 0 Å². The molecule has 2 nitrogen and oxygen atoms in total. The van der Waals surface area contributed by atoms with Crippen LogP contribution in [0.4, 0.5) is 0 Å². The Morgan fingerprint density at radius 1 is 1.43 bits per heavy atom. The van der Waals surface area contributed by atoms with Crippen molar-refractivity contribution in [3.05, 3.63) is 29.6 Å². The highest BCUT2D eigenvalue weighted by Crippen LogP contribution is 2.40. The zero-order chi connectivity index (χ0) is 10.2. The SMILES string of the molecule is CC(C)c1ccnc(C2(O)CCC2)c1. The fourth-order valence-corrected chi connectivity index (χ4v) is 1.83. The summed E-state index contributed by atoms with van der Waals surface area (Å²) < 4.78 is 0. The van der Waals surface area contributed by atoms with Gasteiger partial charge in [-0.25, -0.2) is 0 Å². The second-order valence-electron chi connectivity index (χ2n) is 4.51. The topological polar surface area (TPSA) is 33.1 Å². The van der Waals surface area contributed by atoms with Crippen molar-refractivity contribution in [1.29, 1.82) is 0 Å². The molecule has 76 valence electrons. The van der Waals surface area contributed by atoms with E-state index in [9.17, 15) is 5.11 Å². The van der Waals surface area contributed by atoms with E-state index < -0.39 is 5.60 Å². The Morgan fingerprint density at radius 3 is 2.64 bits per heavy atom. The molecule has 0 bridgehead atoms. The lowest BCUT2D eigenvalue weighted by Crippen LogP contribution is -2.34. The van der Waals surface area contributed by atoms with Gasteiger partial charge in [0.2, 0.25) is 0 Å². The Hall–Kier alpha value is -0.890. The molecule has 1 N–H and O–H groups in total. The smallest absolute Gasteiger partial charge is 0.106 e. The van der Waals surface area contributed by atoms with E-state index in [1.54, 1.807) is 6.20 Å². The van der Waals surface area contributed by atoms with Crippen molar-refractivity contribution >= 4 is 0 Å². The summed E-state index contributed by atoms with van der Waals surface area (Å²) in [5.74, 6) is 0.500. The Labute approximate surface area is 85.0 Å². The normalized spacial score (nSPS) is 19.4. The summed E-state index contributed by atoms with van der Waals surface area (Å²) in [6, 6.07) is 4.07. The van der Waals surface area contributed by atoms with Gasteiger partial charge in [-0.05, 0) is 42.9 Å². The highest BCUT2D eigenvalue weighted by atomic mass is 16.3. The van der Waals surface area contributed by atoms with E-state index in [2.05, 4.69) is 18.8 Å². The first kappa shape index (κ1) is 9.66. The predicted molar refractivity (Wildman–Crippen MR) is 56.1 cm³/mol. The van der Waals surface area contributed by atoms with E-state index in [1.807, 2.05) is 12.1 Å². The summed E-state index contributed by atoms with van der Waals surface area (Å²) in [7, 11) is 0. The molecule has 1 aromatic rings. The van der Waals surface area contributed by atoms with Gasteiger partial charge in [-0.15, -0.1) is 0 Å². The van der Waals surface area contributed by atoms with Gasteiger partial charge in [-0.1, -0.05) is 13.8 Å². The minimum atomic E-state index is -0.620. The average molecular weight is 191 g/mol. The largest absolute Gasteiger partial charge is 0.384 e. The highest BCUT2D eigenvalue weighted by molar-refractivity contribution is 5.24. The molecule has 0 aliphatic heterocycles. The molecule has 14 heavy (non-hydrogen) atoms. The van der Waals surface area contributed by atoms with Crippen LogP contribution in [0.2, 0.25) is 0 Å². The van der Waals surface area contributed by atoms with Gasteiger partial charge in [0.1, 0.15) is 5.60 Å². The number of hydrogen-bond donors (Lipinski definition) is 1. The molecule has 1 saturated carbocycles. The van der Waals surface area contributed by atoms with E-state index in [0.29, 0.717) is 5.92 Å². The van der Waals surface area contributed by atoms with Crippen LogP contribution in [0.1, 0.15) is 50.3 Å². The lowest BCUT2D eigenvalue weighted by molar-refractivity contribution is -0.0427. The number of hydrogen-bond acceptors (Lipinski definition) is 2. The van der Waals surface area contributed by atoms with Crippen molar-refractivity contribution in [2.24, 2.45) is 0 Å². The van der Waals surface area contributed by atoms with E-state index in [4.69, 9.17) is 0 Å². The Morgan fingerprint density at radius 2 is 2.14 bits per heavy atom. The number of rotatable bonds is 2. The van der Waals surface area contributed by atoms with Crippen LogP contribution < -0.4 is 0 Å². The maximum Gasteiger partial charge on any atom is 0.106 e. The first-order valence-electron chi connectivity index (χ1n) is 5.31. The molecule has 1 heterocycles. The Bertz CT molecular complexity index is 329. The van der Waals surface area contributed by atoms with E-state index in [0.717, 1.165) is 25.0 Å². The van der Waals surface area contributed by atoms with Crippen molar-refractivity contribution < 1.29 is 5.11 Å². The molecule has 0 saturated heterocycles. The summed E-state index contributed by atoms with van der Waals surface area (Å²) in [6.45, 7) is 4.31. The number of aromatic nitrogens is 1. The van der Waals surface area contributed by atoms with Crippen LogP contribution in [0.5, 0.6) is 0 Å². The molecule has 0 spiro atoms. The zero-order valence-corrected chi connectivity index (χ0v) is 8.83. The third-order valence-corrected chi connectivity index (χ3v) is 3.11. The first-order valence-corrected chi connectivity index (χ1v) is 5.31. The minimum absolute atomic E-state index is 0.500. The average Bonchev–Trinajstić information content (AvgIpc) is 2.14. The molecule has 0 amide bonds. The first-order chi connectivity index (χ1) is 6.62. The van der Waals surface area contributed by atoms with Crippen LogP contribution in [-0.2, 0) is 5.60 Å². The molecule has 1 aliphatic rings. The summed E-state index contributed by atoms with van der Waals surface area (Å²) >= 11 is 0. The van der Waals surface area contributed by atoms with Crippen molar-refractivity contribution in [2.45, 2.75) is 44.6 Å². The number of nitrogens with zero attached hydrogens (tertiary/aromatic N) is 1. The maximum absolute atomic E-state index is 10.1. The lowest BCUT2D eigenvalue weighted by Gasteiger charge is -2.36. The maximum atomic E-state index is 10.1. The predicted octanol–water partition coefficient (Wildman–Crippen LogP) is 2.58. The van der Waals surface area contributed by atoms with Gasteiger partial charge in [-0.3, -0.25) is 4.98 Å². The minimum Gasteiger partial charge on any atom is -0.384 e. The lowest BCUT2D eigenvalue weighted by atomic mass is 9.77. The molecule has 1 aliphatic carbocycles. The van der Waals surface area contributed by atoms with Gasteiger partial charge in [0.05, 0.1) is 5.69 Å². The molecule has 0 unspecified atom stereocenters.